The first-order valence-corrected chi connectivity index (χ1v) is 4.73. The van der Waals surface area contributed by atoms with Crippen LogP contribution in [0.2, 0.25) is 0 Å². The molecule has 2 heterocycles. The molecule has 0 unspecified atom stereocenters. The van der Waals surface area contributed by atoms with Crippen molar-refractivity contribution in [3.63, 3.8) is 0 Å². The highest BCUT2D eigenvalue weighted by Crippen LogP contribution is 2.10. The molecule has 0 atom stereocenters. The Hall–Kier alpha value is -2.35. The zero-order chi connectivity index (χ0) is 11.5. The van der Waals surface area contributed by atoms with E-state index in [4.69, 9.17) is 5.73 Å². The van der Waals surface area contributed by atoms with Crippen molar-refractivity contribution in [2.75, 3.05) is 0 Å². The van der Waals surface area contributed by atoms with Gasteiger partial charge in [-0.2, -0.15) is 5.10 Å². The fourth-order valence-corrected chi connectivity index (χ4v) is 1.40. The van der Waals surface area contributed by atoms with Gasteiger partial charge in [0, 0.05) is 7.05 Å². The number of nitrogens with two attached hydrogens (primary N) is 1. The molecule has 0 fully saturated rings. The first-order valence-electron chi connectivity index (χ1n) is 4.73. The van der Waals surface area contributed by atoms with Crippen LogP contribution < -0.4 is 5.73 Å². The molecular formula is C11H10N4O. The summed E-state index contributed by atoms with van der Waals surface area (Å²) in [5.74, 6) is 4.31. The third-order valence-corrected chi connectivity index (χ3v) is 2.14. The zero-order valence-electron chi connectivity index (χ0n) is 8.77. The van der Waals surface area contributed by atoms with E-state index in [9.17, 15) is 4.79 Å². The summed E-state index contributed by atoms with van der Waals surface area (Å²) in [5, 5.41) is 4.09. The summed E-state index contributed by atoms with van der Waals surface area (Å²) in [7, 11) is 1.86. The summed E-state index contributed by atoms with van der Waals surface area (Å²) >= 11 is 0. The Labute approximate surface area is 92.3 Å². The maximum atomic E-state index is 10.4. The van der Waals surface area contributed by atoms with Gasteiger partial charge in [0.2, 0.25) is 0 Å². The summed E-state index contributed by atoms with van der Waals surface area (Å²) in [6.45, 7) is 0. The standard InChI is InChI=1S/C11H10N4O/c1-15-10-6-5-8(3-2-4-11(12)16)14-9(10)7-13-15/h5-7H,3H2,1H3,(H2,12,16). The SMILES string of the molecule is Cn1ncc2nc(CC#CC(N)=O)ccc21. The summed E-state index contributed by atoms with van der Waals surface area (Å²) in [4.78, 5) is 14.8. The van der Waals surface area contributed by atoms with Crippen molar-refractivity contribution >= 4 is 16.9 Å². The minimum absolute atomic E-state index is 0.410. The first-order chi connectivity index (χ1) is 7.66. The molecule has 2 N–H and O–H groups in total. The van der Waals surface area contributed by atoms with Crippen LogP contribution in [-0.4, -0.2) is 20.7 Å². The predicted octanol–water partition coefficient (Wildman–Crippen LogP) is -0.000500. The number of rotatable bonds is 1. The molecule has 2 aromatic rings. The second-order valence-corrected chi connectivity index (χ2v) is 3.32. The number of primary amides is 1. The van der Waals surface area contributed by atoms with Gasteiger partial charge in [-0.15, -0.1) is 0 Å². The number of aromatic nitrogens is 3. The lowest BCUT2D eigenvalue weighted by molar-refractivity contribution is -0.112. The van der Waals surface area contributed by atoms with E-state index in [0.29, 0.717) is 6.42 Å². The Bertz CT molecular complexity index is 603. The Morgan fingerprint density at radius 3 is 3.12 bits per heavy atom. The monoisotopic (exact) mass is 214 g/mol. The minimum Gasteiger partial charge on any atom is -0.359 e. The van der Waals surface area contributed by atoms with Gasteiger partial charge in [-0.25, -0.2) is 4.98 Å². The molecule has 16 heavy (non-hydrogen) atoms. The highest BCUT2D eigenvalue weighted by molar-refractivity contribution is 5.91. The van der Waals surface area contributed by atoms with Gasteiger partial charge in [-0.05, 0) is 18.1 Å². The molecule has 2 rings (SSSR count). The van der Waals surface area contributed by atoms with Gasteiger partial charge in [0.15, 0.2) is 0 Å². The smallest absolute Gasteiger partial charge is 0.293 e. The molecule has 5 heteroatoms. The van der Waals surface area contributed by atoms with E-state index >= 15 is 0 Å². The molecule has 0 spiro atoms. The van der Waals surface area contributed by atoms with Crippen molar-refractivity contribution in [2.24, 2.45) is 12.8 Å². The number of nitrogens with zero attached hydrogens (tertiary/aromatic N) is 3. The molecule has 0 aliphatic carbocycles. The van der Waals surface area contributed by atoms with Gasteiger partial charge >= 0.3 is 0 Å². The Balaban J connectivity index is 2.27. The number of carbonyl (C=O) groups is 1. The van der Waals surface area contributed by atoms with Gasteiger partial charge in [0.05, 0.1) is 23.8 Å². The number of carbonyl (C=O) groups excluding carboxylic acids is 1. The second-order valence-electron chi connectivity index (χ2n) is 3.32. The lowest BCUT2D eigenvalue weighted by atomic mass is 10.2. The van der Waals surface area contributed by atoms with Gasteiger partial charge in [-0.1, -0.05) is 5.92 Å². The highest BCUT2D eigenvalue weighted by atomic mass is 16.1. The van der Waals surface area contributed by atoms with Crippen LogP contribution in [0.15, 0.2) is 18.3 Å². The predicted molar refractivity (Wildman–Crippen MR) is 59.2 cm³/mol. The molecule has 1 amide bonds. The molecule has 80 valence electrons. The normalized spacial score (nSPS) is 9.81. The average molecular weight is 214 g/mol. The second kappa shape index (κ2) is 4.03. The van der Waals surface area contributed by atoms with Crippen molar-refractivity contribution in [2.45, 2.75) is 6.42 Å². The van der Waals surface area contributed by atoms with Crippen LogP contribution in [0.3, 0.4) is 0 Å². The largest absolute Gasteiger partial charge is 0.359 e. The van der Waals surface area contributed by atoms with Gasteiger partial charge < -0.3 is 5.73 Å². The van der Waals surface area contributed by atoms with Gasteiger partial charge in [0.25, 0.3) is 5.91 Å². The topological polar surface area (TPSA) is 73.8 Å². The van der Waals surface area contributed by atoms with Crippen LogP contribution in [0.25, 0.3) is 11.0 Å². The Morgan fingerprint density at radius 1 is 1.56 bits per heavy atom. The van der Waals surface area contributed by atoms with E-state index in [0.717, 1.165) is 16.7 Å². The van der Waals surface area contributed by atoms with Crippen molar-refractivity contribution in [1.82, 2.24) is 14.8 Å². The lowest BCUT2D eigenvalue weighted by Crippen LogP contribution is -2.06. The molecule has 0 aliphatic rings. The summed E-state index contributed by atoms with van der Waals surface area (Å²) in [5.41, 5.74) is 7.49. The van der Waals surface area contributed by atoms with Crippen LogP contribution in [-0.2, 0) is 18.3 Å². The molecule has 0 saturated heterocycles. The molecule has 0 bridgehead atoms. The average Bonchev–Trinajstić information content (AvgIpc) is 2.60. The number of aryl methyl sites for hydroxylation is 1. The zero-order valence-corrected chi connectivity index (χ0v) is 8.77. The van der Waals surface area contributed by atoms with Gasteiger partial charge in [0.1, 0.15) is 5.52 Å². The minimum atomic E-state index is -0.623. The van der Waals surface area contributed by atoms with Crippen LogP contribution in [0.5, 0.6) is 0 Å². The Kier molecular flexibility index (Phi) is 2.56. The fourth-order valence-electron chi connectivity index (χ4n) is 1.40. The number of amides is 1. The van der Waals surface area contributed by atoms with Crippen molar-refractivity contribution < 1.29 is 4.79 Å². The quantitative estimate of drug-likeness (QED) is 0.679. The first kappa shape index (κ1) is 10.2. The summed E-state index contributed by atoms with van der Waals surface area (Å²) in [6.07, 6.45) is 2.11. The molecule has 5 nitrogen and oxygen atoms in total. The van der Waals surface area contributed by atoms with E-state index in [1.165, 1.54) is 0 Å². The van der Waals surface area contributed by atoms with Crippen molar-refractivity contribution in [1.29, 1.82) is 0 Å². The van der Waals surface area contributed by atoms with E-state index in [2.05, 4.69) is 21.9 Å². The van der Waals surface area contributed by atoms with Crippen LogP contribution in [0, 0.1) is 11.8 Å². The lowest BCUT2D eigenvalue weighted by Gasteiger charge is -1.96. The molecule has 0 aromatic carbocycles. The maximum absolute atomic E-state index is 10.4. The van der Waals surface area contributed by atoms with E-state index in [1.807, 2.05) is 19.2 Å². The molecule has 0 aliphatic heterocycles. The molecule has 0 saturated carbocycles. The number of hydrogen-bond donors (Lipinski definition) is 1. The fraction of sp³-hybridized carbons (Fsp3) is 0.182. The van der Waals surface area contributed by atoms with Crippen LogP contribution in [0.1, 0.15) is 5.69 Å². The van der Waals surface area contributed by atoms with Crippen molar-refractivity contribution in [3.05, 3.63) is 24.0 Å². The highest BCUT2D eigenvalue weighted by Gasteiger charge is 2.01. The number of hydrogen-bond acceptors (Lipinski definition) is 3. The molecule has 0 radical (unpaired) electrons. The third kappa shape index (κ3) is 2.01. The van der Waals surface area contributed by atoms with E-state index in [-0.39, 0.29) is 0 Å². The molecule has 2 aromatic heterocycles. The third-order valence-electron chi connectivity index (χ3n) is 2.14. The summed E-state index contributed by atoms with van der Waals surface area (Å²) in [6, 6.07) is 3.79. The van der Waals surface area contributed by atoms with Crippen LogP contribution >= 0.6 is 0 Å². The van der Waals surface area contributed by atoms with E-state index < -0.39 is 5.91 Å². The Morgan fingerprint density at radius 2 is 2.38 bits per heavy atom. The number of fused-ring (bicyclic) bond motifs is 1. The van der Waals surface area contributed by atoms with Crippen molar-refractivity contribution in [3.8, 4) is 11.8 Å². The molecular weight excluding hydrogens is 204 g/mol. The van der Waals surface area contributed by atoms with Gasteiger partial charge in [-0.3, -0.25) is 9.48 Å². The number of pyridine rings is 1. The maximum Gasteiger partial charge on any atom is 0.293 e. The van der Waals surface area contributed by atoms with E-state index in [1.54, 1.807) is 10.9 Å². The summed E-state index contributed by atoms with van der Waals surface area (Å²) < 4.78 is 1.75. The van der Waals surface area contributed by atoms with Crippen LogP contribution in [0.4, 0.5) is 0 Å².